The van der Waals surface area contributed by atoms with E-state index in [1.54, 1.807) is 19.1 Å². The molecule has 116 valence electrons. The highest BCUT2D eigenvalue weighted by molar-refractivity contribution is 6.34. The molecule has 0 fully saturated rings. The van der Waals surface area contributed by atoms with Crippen LogP contribution in [0.25, 0.3) is 0 Å². The van der Waals surface area contributed by atoms with E-state index in [1.165, 1.54) is 0 Å². The summed E-state index contributed by atoms with van der Waals surface area (Å²) in [6.45, 7) is 6.41. The third-order valence-electron chi connectivity index (χ3n) is 3.67. The molecule has 0 radical (unpaired) electrons. The molecule has 1 aliphatic rings. The van der Waals surface area contributed by atoms with Crippen LogP contribution in [0.4, 0.5) is 5.69 Å². The molecule has 22 heavy (non-hydrogen) atoms. The fraction of sp³-hybridized carbons (Fsp3) is 0.312. The number of ether oxygens (including phenoxy) is 2. The topological polar surface area (TPSA) is 60.7 Å². The van der Waals surface area contributed by atoms with Crippen molar-refractivity contribution in [2.75, 3.05) is 18.5 Å². The van der Waals surface area contributed by atoms with Gasteiger partial charge in [-0.2, -0.15) is 0 Å². The third-order valence-corrected chi connectivity index (χ3v) is 3.98. The van der Waals surface area contributed by atoms with Crippen molar-refractivity contribution in [1.82, 2.24) is 0 Å². The number of amides is 1. The molecule has 0 spiro atoms. The number of furan rings is 1. The van der Waals surface area contributed by atoms with Crippen LogP contribution >= 0.6 is 11.6 Å². The number of nitrogens with one attached hydrogen (secondary N) is 1. The SMILES string of the molecule is Cc1oc(C)c(C(=O)Nc2cc3c(cc2Cl)OCCO3)c1C. The van der Waals surface area contributed by atoms with Gasteiger partial charge >= 0.3 is 0 Å². The van der Waals surface area contributed by atoms with Crippen LogP contribution < -0.4 is 14.8 Å². The summed E-state index contributed by atoms with van der Waals surface area (Å²) in [5.41, 5.74) is 1.83. The van der Waals surface area contributed by atoms with Crippen LogP contribution in [0.2, 0.25) is 5.02 Å². The number of benzene rings is 1. The zero-order chi connectivity index (χ0) is 15.9. The van der Waals surface area contributed by atoms with Gasteiger partial charge in [0.25, 0.3) is 5.91 Å². The molecule has 0 saturated carbocycles. The van der Waals surface area contributed by atoms with Gasteiger partial charge in [0.1, 0.15) is 24.7 Å². The highest BCUT2D eigenvalue weighted by Crippen LogP contribution is 2.38. The molecule has 1 aliphatic heterocycles. The van der Waals surface area contributed by atoms with E-state index in [1.807, 2.05) is 13.8 Å². The number of anilines is 1. The average Bonchev–Trinajstić information content (AvgIpc) is 2.73. The molecule has 1 N–H and O–H groups in total. The quantitative estimate of drug-likeness (QED) is 0.911. The van der Waals surface area contributed by atoms with Gasteiger partial charge in [-0.15, -0.1) is 0 Å². The van der Waals surface area contributed by atoms with E-state index < -0.39 is 0 Å². The molecule has 3 rings (SSSR count). The highest BCUT2D eigenvalue weighted by atomic mass is 35.5. The van der Waals surface area contributed by atoms with E-state index in [0.29, 0.717) is 46.7 Å². The first kappa shape index (κ1) is 14.8. The molecule has 2 heterocycles. The zero-order valence-corrected chi connectivity index (χ0v) is 13.3. The minimum Gasteiger partial charge on any atom is -0.486 e. The Bertz CT molecular complexity index is 751. The van der Waals surface area contributed by atoms with Crippen molar-refractivity contribution in [3.63, 3.8) is 0 Å². The Balaban J connectivity index is 1.91. The number of aryl methyl sites for hydroxylation is 2. The molecule has 0 atom stereocenters. The standard InChI is InChI=1S/C16H16ClNO4/c1-8-9(2)22-10(3)15(8)16(19)18-12-7-14-13(6-11(12)17)20-4-5-21-14/h6-7H,4-5H2,1-3H3,(H,18,19). The number of carbonyl (C=O) groups excluding carboxylic acids is 1. The Labute approximate surface area is 133 Å². The second kappa shape index (κ2) is 5.57. The average molecular weight is 322 g/mol. The Morgan fingerprint density at radius 2 is 1.73 bits per heavy atom. The maximum Gasteiger partial charge on any atom is 0.259 e. The summed E-state index contributed by atoms with van der Waals surface area (Å²) >= 11 is 6.20. The van der Waals surface area contributed by atoms with Gasteiger partial charge in [-0.3, -0.25) is 4.79 Å². The van der Waals surface area contributed by atoms with E-state index >= 15 is 0 Å². The van der Waals surface area contributed by atoms with E-state index in [9.17, 15) is 4.79 Å². The summed E-state index contributed by atoms with van der Waals surface area (Å²) in [6, 6.07) is 3.32. The summed E-state index contributed by atoms with van der Waals surface area (Å²) in [4.78, 5) is 12.5. The van der Waals surface area contributed by atoms with Crippen molar-refractivity contribution >= 4 is 23.2 Å². The largest absolute Gasteiger partial charge is 0.486 e. The highest BCUT2D eigenvalue weighted by Gasteiger charge is 2.21. The monoisotopic (exact) mass is 321 g/mol. The molecule has 0 bridgehead atoms. The Hall–Kier alpha value is -2.14. The Morgan fingerprint density at radius 1 is 1.09 bits per heavy atom. The summed E-state index contributed by atoms with van der Waals surface area (Å²) in [5.74, 6) is 2.21. The Morgan fingerprint density at radius 3 is 2.32 bits per heavy atom. The molecule has 1 aromatic heterocycles. The van der Waals surface area contributed by atoms with Crippen LogP contribution in [0.15, 0.2) is 16.5 Å². The van der Waals surface area contributed by atoms with Crippen LogP contribution in [0, 0.1) is 20.8 Å². The maximum atomic E-state index is 12.5. The van der Waals surface area contributed by atoms with Crippen molar-refractivity contribution in [3.05, 3.63) is 39.8 Å². The van der Waals surface area contributed by atoms with Gasteiger partial charge in [0.15, 0.2) is 11.5 Å². The number of hydrogen-bond donors (Lipinski definition) is 1. The Kier molecular flexibility index (Phi) is 3.74. The van der Waals surface area contributed by atoms with Crippen LogP contribution in [0.5, 0.6) is 11.5 Å². The van der Waals surface area contributed by atoms with Gasteiger partial charge in [-0.05, 0) is 20.8 Å². The lowest BCUT2D eigenvalue weighted by atomic mass is 10.1. The summed E-state index contributed by atoms with van der Waals surface area (Å²) in [5, 5.41) is 3.20. The van der Waals surface area contributed by atoms with Gasteiger partial charge in [-0.1, -0.05) is 11.6 Å². The molecular formula is C16H16ClNO4. The maximum absolute atomic E-state index is 12.5. The van der Waals surface area contributed by atoms with Crippen molar-refractivity contribution in [3.8, 4) is 11.5 Å². The fourth-order valence-electron chi connectivity index (χ4n) is 2.47. The first-order valence-corrected chi connectivity index (χ1v) is 7.32. The van der Waals surface area contributed by atoms with Crippen LogP contribution in [-0.2, 0) is 0 Å². The molecule has 1 amide bonds. The number of halogens is 1. The predicted octanol–water partition coefficient (Wildman–Crippen LogP) is 3.88. The van der Waals surface area contributed by atoms with Gasteiger partial charge in [0.05, 0.1) is 16.3 Å². The first-order chi connectivity index (χ1) is 10.5. The first-order valence-electron chi connectivity index (χ1n) is 6.94. The third kappa shape index (κ3) is 2.52. The number of carbonyl (C=O) groups is 1. The van der Waals surface area contributed by atoms with Crippen molar-refractivity contribution in [1.29, 1.82) is 0 Å². The second-order valence-electron chi connectivity index (χ2n) is 5.14. The molecule has 6 heteroatoms. The number of fused-ring (bicyclic) bond motifs is 1. The predicted molar refractivity (Wildman–Crippen MR) is 83.3 cm³/mol. The molecular weight excluding hydrogens is 306 g/mol. The lowest BCUT2D eigenvalue weighted by Gasteiger charge is -2.20. The molecule has 5 nitrogen and oxygen atoms in total. The zero-order valence-electron chi connectivity index (χ0n) is 12.6. The minimum absolute atomic E-state index is 0.259. The van der Waals surface area contributed by atoms with Gasteiger partial charge < -0.3 is 19.2 Å². The normalized spacial score (nSPS) is 13.1. The van der Waals surface area contributed by atoms with Gasteiger partial charge in [0, 0.05) is 17.7 Å². The van der Waals surface area contributed by atoms with Gasteiger partial charge in [0.2, 0.25) is 0 Å². The molecule has 0 saturated heterocycles. The number of rotatable bonds is 2. The lowest BCUT2D eigenvalue weighted by molar-refractivity contribution is 0.102. The van der Waals surface area contributed by atoms with Crippen LogP contribution in [0.1, 0.15) is 27.4 Å². The van der Waals surface area contributed by atoms with Crippen LogP contribution in [0.3, 0.4) is 0 Å². The van der Waals surface area contributed by atoms with E-state index in [4.69, 9.17) is 25.5 Å². The molecule has 1 aromatic carbocycles. The van der Waals surface area contributed by atoms with Crippen molar-refractivity contribution in [2.24, 2.45) is 0 Å². The molecule has 2 aromatic rings. The summed E-state index contributed by atoms with van der Waals surface area (Å²) in [7, 11) is 0. The molecule has 0 aliphatic carbocycles. The minimum atomic E-state index is -0.259. The van der Waals surface area contributed by atoms with Crippen molar-refractivity contribution in [2.45, 2.75) is 20.8 Å². The number of hydrogen-bond acceptors (Lipinski definition) is 4. The van der Waals surface area contributed by atoms with Crippen molar-refractivity contribution < 1.29 is 18.7 Å². The smallest absolute Gasteiger partial charge is 0.259 e. The van der Waals surface area contributed by atoms with Crippen LogP contribution in [-0.4, -0.2) is 19.1 Å². The second-order valence-corrected chi connectivity index (χ2v) is 5.55. The lowest BCUT2D eigenvalue weighted by Crippen LogP contribution is -2.17. The molecule has 0 unspecified atom stereocenters. The van der Waals surface area contributed by atoms with E-state index in [2.05, 4.69) is 5.32 Å². The van der Waals surface area contributed by atoms with E-state index in [0.717, 1.165) is 11.3 Å². The summed E-state index contributed by atoms with van der Waals surface area (Å²) in [6.07, 6.45) is 0. The summed E-state index contributed by atoms with van der Waals surface area (Å²) < 4.78 is 16.4. The van der Waals surface area contributed by atoms with E-state index in [-0.39, 0.29) is 5.91 Å². The fourth-order valence-corrected chi connectivity index (χ4v) is 2.67. The van der Waals surface area contributed by atoms with Gasteiger partial charge in [-0.25, -0.2) is 0 Å².